The predicted octanol–water partition coefficient (Wildman–Crippen LogP) is 3.72. The Kier molecular flexibility index (Phi) is 5.20. The summed E-state index contributed by atoms with van der Waals surface area (Å²) < 4.78 is 0. The molecule has 0 aromatic heterocycles. The zero-order chi connectivity index (χ0) is 12.8. The van der Waals surface area contributed by atoms with Gasteiger partial charge in [-0.2, -0.15) is 0 Å². The molecule has 1 aromatic rings. The van der Waals surface area contributed by atoms with E-state index in [-0.39, 0.29) is 5.91 Å². The molecule has 0 fully saturated rings. The second-order valence-electron chi connectivity index (χ2n) is 4.98. The van der Waals surface area contributed by atoms with Crippen LogP contribution >= 0.6 is 0 Å². The monoisotopic (exact) mass is 233 g/mol. The summed E-state index contributed by atoms with van der Waals surface area (Å²) in [5.74, 6) is 0.983. The molecule has 2 nitrogen and oxygen atoms in total. The molecule has 0 aliphatic rings. The normalized spacial score (nSPS) is 14.3. The number of carbonyl (C=O) groups excluding carboxylic acids is 1. The largest absolute Gasteiger partial charge is 0.366 e. The average molecular weight is 233 g/mol. The van der Waals surface area contributed by atoms with E-state index in [1.54, 1.807) is 0 Å². The second-order valence-corrected chi connectivity index (χ2v) is 4.98. The van der Waals surface area contributed by atoms with Crippen molar-refractivity contribution in [2.45, 2.75) is 46.0 Å². The summed E-state index contributed by atoms with van der Waals surface area (Å²) in [6.07, 6.45) is 3.70. The van der Waals surface area contributed by atoms with Crippen LogP contribution < -0.4 is 5.73 Å². The molecule has 0 aliphatic heterocycles. The van der Waals surface area contributed by atoms with E-state index in [9.17, 15) is 4.79 Å². The Balaban J connectivity index is 2.57. The first kappa shape index (κ1) is 13.8. The predicted molar refractivity (Wildman–Crippen MR) is 72.1 cm³/mol. The number of carbonyl (C=O) groups is 1. The first-order valence-electron chi connectivity index (χ1n) is 6.44. The lowest BCUT2D eigenvalue weighted by atomic mass is 9.91. The zero-order valence-electron chi connectivity index (χ0n) is 11.1. The number of hydrogen-bond donors (Lipinski definition) is 1. The van der Waals surface area contributed by atoms with E-state index in [0.29, 0.717) is 11.5 Å². The highest BCUT2D eigenvalue weighted by atomic mass is 16.1. The number of benzene rings is 1. The molecule has 0 spiro atoms. The van der Waals surface area contributed by atoms with Gasteiger partial charge in [0, 0.05) is 5.56 Å². The summed E-state index contributed by atoms with van der Waals surface area (Å²) in [5.41, 5.74) is 7.09. The third kappa shape index (κ3) is 4.22. The molecule has 2 unspecified atom stereocenters. The first-order chi connectivity index (χ1) is 8.04. The van der Waals surface area contributed by atoms with E-state index in [2.05, 4.69) is 20.8 Å². The molecule has 0 aliphatic carbocycles. The number of amides is 1. The summed E-state index contributed by atoms with van der Waals surface area (Å²) in [4.78, 5) is 11.0. The highest BCUT2D eigenvalue weighted by Crippen LogP contribution is 2.24. The standard InChI is InChI=1S/C15H23NO/c1-4-11(2)5-6-12(3)13-7-9-14(10-8-13)15(16)17/h7-12H,4-6H2,1-3H3,(H2,16,17). The Labute approximate surface area is 104 Å². The molecule has 1 aromatic carbocycles. The summed E-state index contributed by atoms with van der Waals surface area (Å²) in [6, 6.07) is 7.66. The van der Waals surface area contributed by atoms with E-state index in [1.165, 1.54) is 24.8 Å². The number of nitrogens with two attached hydrogens (primary N) is 1. The van der Waals surface area contributed by atoms with Crippen LogP contribution in [0.25, 0.3) is 0 Å². The lowest BCUT2D eigenvalue weighted by Gasteiger charge is -2.14. The molecule has 0 saturated heterocycles. The van der Waals surface area contributed by atoms with Crippen molar-refractivity contribution < 1.29 is 4.79 Å². The van der Waals surface area contributed by atoms with Gasteiger partial charge in [-0.25, -0.2) is 0 Å². The molecular weight excluding hydrogens is 210 g/mol. The van der Waals surface area contributed by atoms with Crippen molar-refractivity contribution >= 4 is 5.91 Å². The smallest absolute Gasteiger partial charge is 0.248 e. The fraction of sp³-hybridized carbons (Fsp3) is 0.533. The van der Waals surface area contributed by atoms with E-state index < -0.39 is 0 Å². The Bertz CT molecular complexity index is 356. The van der Waals surface area contributed by atoms with Crippen molar-refractivity contribution in [1.29, 1.82) is 0 Å². The van der Waals surface area contributed by atoms with Gasteiger partial charge in [0.05, 0.1) is 0 Å². The highest BCUT2D eigenvalue weighted by molar-refractivity contribution is 5.92. The first-order valence-corrected chi connectivity index (χ1v) is 6.44. The van der Waals surface area contributed by atoms with Crippen LogP contribution in [0.15, 0.2) is 24.3 Å². The van der Waals surface area contributed by atoms with E-state index in [4.69, 9.17) is 5.73 Å². The van der Waals surface area contributed by atoms with Gasteiger partial charge < -0.3 is 5.73 Å². The number of rotatable bonds is 6. The van der Waals surface area contributed by atoms with Gasteiger partial charge in [0.1, 0.15) is 0 Å². The van der Waals surface area contributed by atoms with Crippen LogP contribution in [0.4, 0.5) is 0 Å². The minimum Gasteiger partial charge on any atom is -0.366 e. The van der Waals surface area contributed by atoms with Gasteiger partial charge in [0.2, 0.25) is 5.91 Å². The molecule has 1 rings (SSSR count). The van der Waals surface area contributed by atoms with Gasteiger partial charge >= 0.3 is 0 Å². The highest BCUT2D eigenvalue weighted by Gasteiger charge is 2.08. The number of hydrogen-bond acceptors (Lipinski definition) is 1. The van der Waals surface area contributed by atoms with Crippen molar-refractivity contribution in [2.75, 3.05) is 0 Å². The van der Waals surface area contributed by atoms with Crippen LogP contribution in [0.5, 0.6) is 0 Å². The van der Waals surface area contributed by atoms with Gasteiger partial charge in [0.15, 0.2) is 0 Å². The summed E-state index contributed by atoms with van der Waals surface area (Å²) in [6.45, 7) is 6.77. The van der Waals surface area contributed by atoms with Crippen molar-refractivity contribution in [1.82, 2.24) is 0 Å². The summed E-state index contributed by atoms with van der Waals surface area (Å²) in [5, 5.41) is 0. The van der Waals surface area contributed by atoms with Crippen LogP contribution in [0.1, 0.15) is 61.9 Å². The minimum absolute atomic E-state index is 0.358. The Hall–Kier alpha value is -1.31. The van der Waals surface area contributed by atoms with Crippen molar-refractivity contribution in [3.05, 3.63) is 35.4 Å². The Morgan fingerprint density at radius 3 is 2.24 bits per heavy atom. The molecule has 94 valence electrons. The van der Waals surface area contributed by atoms with Crippen molar-refractivity contribution in [3.63, 3.8) is 0 Å². The van der Waals surface area contributed by atoms with Gasteiger partial charge in [-0.15, -0.1) is 0 Å². The third-order valence-corrected chi connectivity index (χ3v) is 3.55. The molecular formula is C15H23NO. The minimum atomic E-state index is -0.358. The fourth-order valence-corrected chi connectivity index (χ4v) is 1.88. The molecule has 0 bridgehead atoms. The molecule has 0 radical (unpaired) electrons. The van der Waals surface area contributed by atoms with Crippen molar-refractivity contribution in [2.24, 2.45) is 11.7 Å². The number of primary amides is 1. The maximum Gasteiger partial charge on any atom is 0.248 e. The van der Waals surface area contributed by atoms with Crippen LogP contribution in [0.3, 0.4) is 0 Å². The van der Waals surface area contributed by atoms with Crippen LogP contribution in [-0.4, -0.2) is 5.91 Å². The van der Waals surface area contributed by atoms with E-state index >= 15 is 0 Å². The van der Waals surface area contributed by atoms with Crippen molar-refractivity contribution in [3.8, 4) is 0 Å². The molecule has 2 atom stereocenters. The van der Waals surface area contributed by atoms with Gasteiger partial charge in [-0.3, -0.25) is 4.79 Å². The van der Waals surface area contributed by atoms with Gasteiger partial charge in [-0.1, -0.05) is 45.7 Å². The third-order valence-electron chi connectivity index (χ3n) is 3.55. The van der Waals surface area contributed by atoms with Gasteiger partial charge in [0.25, 0.3) is 0 Å². The van der Waals surface area contributed by atoms with Gasteiger partial charge in [-0.05, 0) is 36.0 Å². The maximum atomic E-state index is 11.0. The molecule has 0 heterocycles. The molecule has 2 heteroatoms. The van der Waals surface area contributed by atoms with Crippen LogP contribution in [0.2, 0.25) is 0 Å². The summed E-state index contributed by atoms with van der Waals surface area (Å²) >= 11 is 0. The van der Waals surface area contributed by atoms with E-state index in [1.807, 2.05) is 24.3 Å². The fourth-order valence-electron chi connectivity index (χ4n) is 1.88. The molecule has 1 amide bonds. The van der Waals surface area contributed by atoms with E-state index in [0.717, 1.165) is 5.92 Å². The zero-order valence-corrected chi connectivity index (χ0v) is 11.1. The topological polar surface area (TPSA) is 43.1 Å². The second kappa shape index (κ2) is 6.43. The Morgan fingerprint density at radius 1 is 1.18 bits per heavy atom. The Morgan fingerprint density at radius 2 is 1.76 bits per heavy atom. The van der Waals surface area contributed by atoms with Crippen LogP contribution in [-0.2, 0) is 0 Å². The average Bonchev–Trinajstić information content (AvgIpc) is 2.35. The molecule has 0 saturated carbocycles. The lowest BCUT2D eigenvalue weighted by molar-refractivity contribution is 0.100. The maximum absolute atomic E-state index is 11.0. The lowest BCUT2D eigenvalue weighted by Crippen LogP contribution is -2.10. The quantitative estimate of drug-likeness (QED) is 0.799. The molecule has 17 heavy (non-hydrogen) atoms. The molecule has 2 N–H and O–H groups in total. The summed E-state index contributed by atoms with van der Waals surface area (Å²) in [7, 11) is 0. The SMILES string of the molecule is CCC(C)CCC(C)c1ccc(C(N)=O)cc1. The van der Waals surface area contributed by atoms with Crippen LogP contribution in [0, 0.1) is 5.92 Å².